The summed E-state index contributed by atoms with van der Waals surface area (Å²) < 4.78 is 2.01. The molecular formula is C25H24N2O2. The first-order valence-electron chi connectivity index (χ1n) is 9.77. The van der Waals surface area contributed by atoms with Gasteiger partial charge in [0.1, 0.15) is 11.5 Å². The van der Waals surface area contributed by atoms with Gasteiger partial charge in [0.15, 0.2) is 0 Å². The largest absolute Gasteiger partial charge is 0.508 e. The van der Waals surface area contributed by atoms with Crippen molar-refractivity contribution in [2.24, 2.45) is 0 Å². The van der Waals surface area contributed by atoms with Crippen molar-refractivity contribution in [2.75, 3.05) is 0 Å². The highest BCUT2D eigenvalue weighted by Crippen LogP contribution is 2.36. The molecule has 0 spiro atoms. The number of aromatic nitrogens is 2. The van der Waals surface area contributed by atoms with Gasteiger partial charge in [0.25, 0.3) is 0 Å². The standard InChI is InChI=1S/C25H24N2O2/c1-4-22-24(18-8-12-20(28)13-9-18)26-27(23-7-5-6-16(2)17(23)3)25(22)19-10-14-21(29)15-11-19/h5-15,28-29H,4H2,1-3H3. The average Bonchev–Trinajstić information content (AvgIpc) is 3.10. The normalized spacial score (nSPS) is 11.0. The molecule has 1 heterocycles. The summed E-state index contributed by atoms with van der Waals surface area (Å²) in [5.41, 5.74) is 8.42. The lowest BCUT2D eigenvalue weighted by molar-refractivity contribution is 0.475. The van der Waals surface area contributed by atoms with Gasteiger partial charge in [-0.1, -0.05) is 19.1 Å². The Kier molecular flexibility index (Phi) is 4.85. The highest BCUT2D eigenvalue weighted by molar-refractivity contribution is 5.77. The number of phenolic OH excluding ortho intramolecular Hbond substituents is 2. The molecule has 0 fully saturated rings. The molecule has 3 aromatic carbocycles. The highest BCUT2D eigenvalue weighted by Gasteiger charge is 2.21. The quantitative estimate of drug-likeness (QED) is 0.468. The minimum Gasteiger partial charge on any atom is -0.508 e. The number of nitrogens with zero attached hydrogens (tertiary/aromatic N) is 2. The fourth-order valence-electron chi connectivity index (χ4n) is 3.69. The molecule has 0 aliphatic rings. The number of phenols is 2. The first-order valence-corrected chi connectivity index (χ1v) is 9.77. The number of rotatable bonds is 4. The Bertz CT molecular complexity index is 1160. The second kappa shape index (κ2) is 7.47. The molecule has 0 saturated carbocycles. The number of hydrogen-bond donors (Lipinski definition) is 2. The zero-order chi connectivity index (χ0) is 20.5. The average molecular weight is 384 g/mol. The van der Waals surface area contributed by atoms with Crippen LogP contribution < -0.4 is 0 Å². The molecule has 4 rings (SSSR count). The van der Waals surface area contributed by atoms with Gasteiger partial charge in [-0.2, -0.15) is 5.10 Å². The summed E-state index contributed by atoms with van der Waals surface area (Å²) >= 11 is 0. The van der Waals surface area contributed by atoms with Crippen LogP contribution >= 0.6 is 0 Å². The summed E-state index contributed by atoms with van der Waals surface area (Å²) in [5.74, 6) is 0.475. The summed E-state index contributed by atoms with van der Waals surface area (Å²) in [4.78, 5) is 0. The highest BCUT2D eigenvalue weighted by atomic mass is 16.3. The van der Waals surface area contributed by atoms with Gasteiger partial charge in [0.05, 0.1) is 17.1 Å². The molecular weight excluding hydrogens is 360 g/mol. The molecule has 2 N–H and O–H groups in total. The van der Waals surface area contributed by atoms with Gasteiger partial charge >= 0.3 is 0 Å². The van der Waals surface area contributed by atoms with E-state index in [1.54, 1.807) is 24.3 Å². The maximum absolute atomic E-state index is 9.76. The van der Waals surface area contributed by atoms with Crippen molar-refractivity contribution in [2.45, 2.75) is 27.2 Å². The smallest absolute Gasteiger partial charge is 0.115 e. The molecule has 146 valence electrons. The third-order valence-electron chi connectivity index (χ3n) is 5.42. The lowest BCUT2D eigenvalue weighted by Crippen LogP contribution is -2.03. The third-order valence-corrected chi connectivity index (χ3v) is 5.42. The molecule has 1 aromatic heterocycles. The van der Waals surface area contributed by atoms with Crippen molar-refractivity contribution < 1.29 is 10.2 Å². The molecule has 0 unspecified atom stereocenters. The van der Waals surface area contributed by atoms with Crippen molar-refractivity contribution in [3.63, 3.8) is 0 Å². The number of aryl methyl sites for hydroxylation is 1. The summed E-state index contributed by atoms with van der Waals surface area (Å²) in [6.07, 6.45) is 0.803. The Morgan fingerprint density at radius 1 is 0.793 bits per heavy atom. The first-order chi connectivity index (χ1) is 14.0. The minimum absolute atomic E-state index is 0.236. The topological polar surface area (TPSA) is 58.3 Å². The van der Waals surface area contributed by atoms with Crippen molar-refractivity contribution >= 4 is 0 Å². The monoisotopic (exact) mass is 384 g/mol. The molecule has 4 aromatic rings. The Morgan fingerprint density at radius 3 is 1.97 bits per heavy atom. The van der Waals surface area contributed by atoms with E-state index in [0.717, 1.165) is 40.2 Å². The second-order valence-electron chi connectivity index (χ2n) is 7.25. The van der Waals surface area contributed by atoms with Crippen molar-refractivity contribution in [3.05, 3.63) is 83.4 Å². The lowest BCUT2D eigenvalue weighted by atomic mass is 9.99. The molecule has 4 heteroatoms. The van der Waals surface area contributed by atoms with Crippen molar-refractivity contribution in [1.29, 1.82) is 0 Å². The number of hydrogen-bond acceptors (Lipinski definition) is 3. The van der Waals surface area contributed by atoms with E-state index in [2.05, 4.69) is 32.9 Å². The van der Waals surface area contributed by atoms with E-state index in [0.29, 0.717) is 0 Å². The van der Waals surface area contributed by atoms with E-state index < -0.39 is 0 Å². The Balaban J connectivity index is 2.04. The Morgan fingerprint density at radius 2 is 1.38 bits per heavy atom. The molecule has 0 aliphatic carbocycles. The second-order valence-corrected chi connectivity index (χ2v) is 7.25. The van der Waals surface area contributed by atoms with Crippen LogP contribution in [0.1, 0.15) is 23.6 Å². The van der Waals surface area contributed by atoms with Gasteiger partial charge in [-0.15, -0.1) is 0 Å². The Hall–Kier alpha value is -3.53. The number of aromatic hydroxyl groups is 2. The molecule has 0 atom stereocenters. The van der Waals surface area contributed by atoms with Gasteiger partial charge in [-0.25, -0.2) is 4.68 Å². The summed E-state index contributed by atoms with van der Waals surface area (Å²) in [6.45, 7) is 6.33. The fourth-order valence-corrected chi connectivity index (χ4v) is 3.69. The van der Waals surface area contributed by atoms with Crippen LogP contribution in [-0.4, -0.2) is 20.0 Å². The fraction of sp³-hybridized carbons (Fsp3) is 0.160. The van der Waals surface area contributed by atoms with E-state index in [1.807, 2.05) is 35.0 Å². The molecule has 0 saturated heterocycles. The predicted octanol–water partition coefficient (Wildman–Crippen LogP) is 5.80. The summed E-state index contributed by atoms with van der Waals surface area (Å²) in [6, 6.07) is 20.6. The van der Waals surface area contributed by atoms with Crippen LogP contribution in [0.15, 0.2) is 66.7 Å². The zero-order valence-electron chi connectivity index (χ0n) is 16.8. The summed E-state index contributed by atoms with van der Waals surface area (Å²) in [5, 5.41) is 24.5. The van der Waals surface area contributed by atoms with Crippen molar-refractivity contribution in [1.82, 2.24) is 9.78 Å². The summed E-state index contributed by atoms with van der Waals surface area (Å²) in [7, 11) is 0. The van der Waals surface area contributed by atoms with Crippen LogP contribution in [0, 0.1) is 13.8 Å². The molecule has 0 bridgehead atoms. The lowest BCUT2D eigenvalue weighted by Gasteiger charge is -2.13. The predicted molar refractivity (Wildman–Crippen MR) is 117 cm³/mol. The molecule has 0 amide bonds. The van der Waals surface area contributed by atoms with Crippen LogP contribution in [0.5, 0.6) is 11.5 Å². The van der Waals surface area contributed by atoms with E-state index >= 15 is 0 Å². The van der Waals surface area contributed by atoms with Crippen molar-refractivity contribution in [3.8, 4) is 39.7 Å². The molecule has 29 heavy (non-hydrogen) atoms. The third kappa shape index (κ3) is 3.38. The van der Waals surface area contributed by atoms with Gasteiger partial charge < -0.3 is 10.2 Å². The van der Waals surface area contributed by atoms with Gasteiger partial charge in [-0.05, 0) is 86.0 Å². The van der Waals surface area contributed by atoms with E-state index in [-0.39, 0.29) is 11.5 Å². The van der Waals surface area contributed by atoms with Gasteiger partial charge in [0.2, 0.25) is 0 Å². The van der Waals surface area contributed by atoms with Crippen LogP contribution in [0.25, 0.3) is 28.2 Å². The van der Waals surface area contributed by atoms with Crippen LogP contribution in [0.4, 0.5) is 0 Å². The first kappa shape index (κ1) is 18.8. The molecule has 0 aliphatic heterocycles. The SMILES string of the molecule is CCc1c(-c2ccc(O)cc2)nn(-c2cccc(C)c2C)c1-c1ccc(O)cc1. The maximum atomic E-state index is 9.76. The Labute approximate surface area is 170 Å². The van der Waals surface area contributed by atoms with Gasteiger partial charge in [0, 0.05) is 16.7 Å². The van der Waals surface area contributed by atoms with Crippen LogP contribution in [-0.2, 0) is 6.42 Å². The van der Waals surface area contributed by atoms with E-state index in [4.69, 9.17) is 5.10 Å². The molecule has 0 radical (unpaired) electrons. The maximum Gasteiger partial charge on any atom is 0.115 e. The molecule has 4 nitrogen and oxygen atoms in total. The number of benzene rings is 3. The van der Waals surface area contributed by atoms with Gasteiger partial charge in [-0.3, -0.25) is 0 Å². The van der Waals surface area contributed by atoms with Crippen LogP contribution in [0.3, 0.4) is 0 Å². The zero-order valence-corrected chi connectivity index (χ0v) is 16.8. The van der Waals surface area contributed by atoms with E-state index in [9.17, 15) is 10.2 Å². The minimum atomic E-state index is 0.236. The van der Waals surface area contributed by atoms with E-state index in [1.165, 1.54) is 11.1 Å². The van der Waals surface area contributed by atoms with Crippen LogP contribution in [0.2, 0.25) is 0 Å².